The van der Waals surface area contributed by atoms with Gasteiger partial charge in [0.1, 0.15) is 0 Å². The van der Waals surface area contributed by atoms with Gasteiger partial charge in [0.25, 0.3) is 0 Å². The third kappa shape index (κ3) is 2.59. The molecule has 1 aliphatic rings. The molecular formula is C7H14S3. The van der Waals surface area contributed by atoms with Gasteiger partial charge in [0.2, 0.25) is 0 Å². The van der Waals surface area contributed by atoms with Crippen LogP contribution in [-0.4, -0.2) is 21.7 Å². The molecule has 1 heterocycles. The molecule has 0 radical (unpaired) electrons. The number of hydrogen-bond donors (Lipinski definition) is 0. The summed E-state index contributed by atoms with van der Waals surface area (Å²) in [5.74, 6) is 3.75. The maximum absolute atomic E-state index is 2.30. The standard InChI is InChI=1S/C7H14S3/c1-3-6-4-9-7(8-2)10-5-6/h6-7H,3-5H2,1-2H3. The first-order chi connectivity index (χ1) is 4.86. The predicted octanol–water partition coefficient (Wildman–Crippen LogP) is 3.14. The van der Waals surface area contributed by atoms with Crippen molar-refractivity contribution in [2.75, 3.05) is 17.8 Å². The van der Waals surface area contributed by atoms with Gasteiger partial charge in [-0.3, -0.25) is 0 Å². The molecule has 0 bridgehead atoms. The van der Waals surface area contributed by atoms with Gasteiger partial charge in [0, 0.05) is 0 Å². The van der Waals surface area contributed by atoms with Gasteiger partial charge in [-0.25, -0.2) is 0 Å². The minimum atomic E-state index is 0.822. The molecule has 0 spiro atoms. The van der Waals surface area contributed by atoms with Gasteiger partial charge in [0.05, 0.1) is 3.91 Å². The second-order valence-electron chi connectivity index (χ2n) is 2.47. The molecule has 1 saturated heterocycles. The quantitative estimate of drug-likeness (QED) is 0.663. The Kier molecular flexibility index (Phi) is 4.42. The van der Waals surface area contributed by atoms with Gasteiger partial charge in [-0.05, 0) is 23.7 Å². The predicted molar refractivity (Wildman–Crippen MR) is 56.0 cm³/mol. The topological polar surface area (TPSA) is 0 Å². The summed E-state index contributed by atoms with van der Waals surface area (Å²) in [5, 5.41) is 0. The van der Waals surface area contributed by atoms with Crippen LogP contribution in [-0.2, 0) is 0 Å². The molecule has 0 aromatic carbocycles. The Labute approximate surface area is 76.3 Å². The lowest BCUT2D eigenvalue weighted by Gasteiger charge is -2.25. The molecule has 60 valence electrons. The van der Waals surface area contributed by atoms with Gasteiger partial charge >= 0.3 is 0 Å². The summed E-state index contributed by atoms with van der Waals surface area (Å²) >= 11 is 6.23. The molecule has 1 rings (SSSR count). The molecule has 10 heavy (non-hydrogen) atoms. The van der Waals surface area contributed by atoms with Crippen molar-refractivity contribution < 1.29 is 0 Å². The summed E-state index contributed by atoms with van der Waals surface area (Å²) in [6.45, 7) is 2.30. The van der Waals surface area contributed by atoms with E-state index in [1.807, 2.05) is 11.8 Å². The van der Waals surface area contributed by atoms with Crippen LogP contribution in [0.15, 0.2) is 0 Å². The van der Waals surface area contributed by atoms with Crippen LogP contribution in [0.2, 0.25) is 0 Å². The monoisotopic (exact) mass is 194 g/mol. The third-order valence-electron chi connectivity index (χ3n) is 1.71. The molecule has 0 amide bonds. The molecule has 0 nitrogen and oxygen atoms in total. The van der Waals surface area contributed by atoms with Crippen LogP contribution in [0.4, 0.5) is 0 Å². The highest BCUT2D eigenvalue weighted by Crippen LogP contribution is 2.40. The molecule has 0 N–H and O–H groups in total. The van der Waals surface area contributed by atoms with E-state index in [1.165, 1.54) is 17.9 Å². The highest BCUT2D eigenvalue weighted by atomic mass is 32.3. The zero-order chi connectivity index (χ0) is 7.40. The molecule has 0 unspecified atom stereocenters. The van der Waals surface area contributed by atoms with Crippen molar-refractivity contribution in [1.82, 2.24) is 0 Å². The first-order valence-electron chi connectivity index (χ1n) is 3.62. The SMILES string of the molecule is CCC1CSC(SC)SC1. The van der Waals surface area contributed by atoms with Crippen molar-refractivity contribution in [2.24, 2.45) is 5.92 Å². The molecular weight excluding hydrogens is 180 g/mol. The largest absolute Gasteiger partial charge is 0.140 e. The average Bonchev–Trinajstić information content (AvgIpc) is 2.05. The highest BCUT2D eigenvalue weighted by Gasteiger charge is 2.19. The fourth-order valence-electron chi connectivity index (χ4n) is 0.897. The van der Waals surface area contributed by atoms with E-state index in [-0.39, 0.29) is 0 Å². The number of hydrogen-bond acceptors (Lipinski definition) is 3. The van der Waals surface area contributed by atoms with Crippen molar-refractivity contribution in [1.29, 1.82) is 0 Å². The summed E-state index contributed by atoms with van der Waals surface area (Å²) < 4.78 is 0.822. The van der Waals surface area contributed by atoms with Crippen molar-refractivity contribution in [3.05, 3.63) is 0 Å². The van der Waals surface area contributed by atoms with Gasteiger partial charge in [-0.2, -0.15) is 0 Å². The van der Waals surface area contributed by atoms with Crippen molar-refractivity contribution in [3.63, 3.8) is 0 Å². The van der Waals surface area contributed by atoms with E-state index in [2.05, 4.69) is 36.7 Å². The van der Waals surface area contributed by atoms with Crippen LogP contribution in [0.3, 0.4) is 0 Å². The van der Waals surface area contributed by atoms with Crippen LogP contribution >= 0.6 is 35.3 Å². The van der Waals surface area contributed by atoms with Gasteiger partial charge in [0.15, 0.2) is 0 Å². The Morgan fingerprint density at radius 3 is 2.40 bits per heavy atom. The number of thioether (sulfide) groups is 3. The first kappa shape index (κ1) is 9.14. The van der Waals surface area contributed by atoms with E-state index in [0.717, 1.165) is 9.83 Å². The minimum absolute atomic E-state index is 0.822. The van der Waals surface area contributed by atoms with Gasteiger partial charge in [-0.1, -0.05) is 13.3 Å². The molecule has 0 saturated carbocycles. The Morgan fingerprint density at radius 2 is 2.00 bits per heavy atom. The maximum atomic E-state index is 2.30. The molecule has 0 aromatic rings. The Hall–Kier alpha value is 1.05. The molecule has 0 aliphatic carbocycles. The molecule has 0 atom stereocenters. The maximum Gasteiger partial charge on any atom is 0.0953 e. The third-order valence-corrected chi connectivity index (χ3v) is 6.75. The summed E-state index contributed by atoms with van der Waals surface area (Å²) in [6, 6.07) is 0. The Bertz CT molecular complexity index is 74.9. The summed E-state index contributed by atoms with van der Waals surface area (Å²) in [7, 11) is 0. The van der Waals surface area contributed by atoms with E-state index in [0.29, 0.717) is 0 Å². The van der Waals surface area contributed by atoms with E-state index in [9.17, 15) is 0 Å². The summed E-state index contributed by atoms with van der Waals surface area (Å²) in [5.41, 5.74) is 0. The van der Waals surface area contributed by atoms with E-state index in [4.69, 9.17) is 0 Å². The first-order valence-corrected chi connectivity index (χ1v) is 7.01. The average molecular weight is 194 g/mol. The van der Waals surface area contributed by atoms with Crippen LogP contribution in [0.5, 0.6) is 0 Å². The van der Waals surface area contributed by atoms with E-state index >= 15 is 0 Å². The Morgan fingerprint density at radius 1 is 1.40 bits per heavy atom. The zero-order valence-electron chi connectivity index (χ0n) is 6.50. The lowest BCUT2D eigenvalue weighted by Crippen LogP contribution is -2.14. The summed E-state index contributed by atoms with van der Waals surface area (Å²) in [4.78, 5) is 0. The van der Waals surface area contributed by atoms with Gasteiger partial charge < -0.3 is 0 Å². The zero-order valence-corrected chi connectivity index (χ0v) is 8.95. The fraction of sp³-hybridized carbons (Fsp3) is 1.00. The second kappa shape index (κ2) is 4.83. The Balaban J connectivity index is 2.17. The molecule has 0 aromatic heterocycles. The highest BCUT2D eigenvalue weighted by molar-refractivity contribution is 8.32. The van der Waals surface area contributed by atoms with Crippen LogP contribution in [0, 0.1) is 5.92 Å². The van der Waals surface area contributed by atoms with Crippen molar-refractivity contribution in [2.45, 2.75) is 17.3 Å². The van der Waals surface area contributed by atoms with Gasteiger partial charge in [-0.15, -0.1) is 35.3 Å². The summed E-state index contributed by atoms with van der Waals surface area (Å²) in [6.07, 6.45) is 3.57. The lowest BCUT2D eigenvalue weighted by atomic mass is 10.2. The van der Waals surface area contributed by atoms with E-state index < -0.39 is 0 Å². The van der Waals surface area contributed by atoms with Crippen LogP contribution in [0.25, 0.3) is 0 Å². The molecule has 1 aliphatic heterocycles. The fourth-order valence-corrected chi connectivity index (χ4v) is 5.03. The van der Waals surface area contributed by atoms with Crippen molar-refractivity contribution in [3.8, 4) is 0 Å². The smallest absolute Gasteiger partial charge is 0.0953 e. The normalized spacial score (nSPS) is 34.2. The number of rotatable bonds is 2. The van der Waals surface area contributed by atoms with Crippen LogP contribution < -0.4 is 0 Å². The second-order valence-corrected chi connectivity index (χ2v) is 6.58. The minimum Gasteiger partial charge on any atom is -0.140 e. The van der Waals surface area contributed by atoms with Crippen molar-refractivity contribution >= 4 is 35.3 Å². The molecule has 3 heteroatoms. The molecule has 1 fully saturated rings. The van der Waals surface area contributed by atoms with Crippen LogP contribution in [0.1, 0.15) is 13.3 Å². The van der Waals surface area contributed by atoms with E-state index in [1.54, 1.807) is 0 Å². The lowest BCUT2D eigenvalue weighted by molar-refractivity contribution is 0.645.